The molecular formula is C21H25N5O3S3. The van der Waals surface area contributed by atoms with Crippen molar-refractivity contribution in [3.05, 3.63) is 51.7 Å². The maximum absolute atomic E-state index is 12.3. The van der Waals surface area contributed by atoms with Crippen LogP contribution in [0, 0.1) is 12.8 Å². The van der Waals surface area contributed by atoms with Crippen LogP contribution in [-0.4, -0.2) is 45.6 Å². The Morgan fingerprint density at radius 3 is 2.78 bits per heavy atom. The molecule has 1 amide bonds. The van der Waals surface area contributed by atoms with Gasteiger partial charge in [-0.15, -0.1) is 21.5 Å². The van der Waals surface area contributed by atoms with E-state index in [0.717, 1.165) is 32.9 Å². The summed E-state index contributed by atoms with van der Waals surface area (Å²) < 4.78 is 25.3. The van der Waals surface area contributed by atoms with Gasteiger partial charge in [0, 0.05) is 30.3 Å². The van der Waals surface area contributed by atoms with Gasteiger partial charge in [-0.25, -0.2) is 13.4 Å². The molecule has 1 aliphatic heterocycles. The Balaban J connectivity index is 1.28. The fourth-order valence-corrected chi connectivity index (χ4v) is 7.14. The third kappa shape index (κ3) is 5.96. The number of aryl methyl sites for hydroxylation is 1. The van der Waals surface area contributed by atoms with E-state index in [2.05, 4.69) is 20.5 Å². The number of amides is 1. The Hall–Kier alpha value is -2.24. The van der Waals surface area contributed by atoms with E-state index in [-0.39, 0.29) is 29.8 Å². The number of sulfone groups is 1. The Kier molecular flexibility index (Phi) is 6.96. The molecule has 1 saturated heterocycles. The van der Waals surface area contributed by atoms with Gasteiger partial charge in [0.2, 0.25) is 5.91 Å². The number of thioether (sulfide) groups is 1. The highest BCUT2D eigenvalue weighted by Gasteiger charge is 2.29. The molecule has 1 fully saturated rings. The summed E-state index contributed by atoms with van der Waals surface area (Å²) in [5.74, 6) is 1.97. The van der Waals surface area contributed by atoms with Crippen LogP contribution in [0.25, 0.3) is 0 Å². The molecule has 1 N–H and O–H groups in total. The van der Waals surface area contributed by atoms with Crippen molar-refractivity contribution >= 4 is 44.5 Å². The summed E-state index contributed by atoms with van der Waals surface area (Å²) in [5, 5.41) is 14.9. The van der Waals surface area contributed by atoms with Crippen LogP contribution in [0.15, 0.2) is 34.8 Å². The fourth-order valence-electron chi connectivity index (χ4n) is 3.55. The van der Waals surface area contributed by atoms with E-state index in [1.165, 1.54) is 23.1 Å². The first-order valence-corrected chi connectivity index (χ1v) is 14.0. The van der Waals surface area contributed by atoms with Crippen molar-refractivity contribution < 1.29 is 13.2 Å². The van der Waals surface area contributed by atoms with Crippen LogP contribution < -0.4 is 5.32 Å². The minimum absolute atomic E-state index is 0.0886. The van der Waals surface area contributed by atoms with Gasteiger partial charge in [-0.05, 0) is 31.4 Å². The predicted octanol–water partition coefficient (Wildman–Crippen LogP) is 3.03. The number of thiazole rings is 1. The first-order valence-electron chi connectivity index (χ1n) is 10.3. The highest BCUT2D eigenvalue weighted by molar-refractivity contribution is 7.98. The third-order valence-corrected chi connectivity index (χ3v) is 9.11. The number of nitrogens with zero attached hydrogens (tertiary/aromatic N) is 4. The highest BCUT2D eigenvalue weighted by atomic mass is 32.2. The van der Waals surface area contributed by atoms with Crippen LogP contribution in [0.3, 0.4) is 0 Å². The van der Waals surface area contributed by atoms with E-state index < -0.39 is 9.84 Å². The second-order valence-corrected chi connectivity index (χ2v) is 12.2. The number of hydrogen-bond donors (Lipinski definition) is 1. The highest BCUT2D eigenvalue weighted by Crippen LogP contribution is 2.26. The molecular weight excluding hydrogens is 466 g/mol. The molecule has 8 nitrogen and oxygen atoms in total. The minimum Gasteiger partial charge on any atom is -0.326 e. The number of aromatic nitrogens is 4. The maximum atomic E-state index is 12.3. The lowest BCUT2D eigenvalue weighted by atomic mass is 10.1. The average Bonchev–Trinajstić information content (AvgIpc) is 3.42. The molecule has 0 saturated carbocycles. The quantitative estimate of drug-likeness (QED) is 0.483. The molecule has 32 heavy (non-hydrogen) atoms. The Bertz CT molecular complexity index is 1200. The summed E-state index contributed by atoms with van der Waals surface area (Å²) in [6.45, 7) is 2.00. The lowest BCUT2D eigenvalue weighted by Gasteiger charge is -2.07. The molecule has 0 bridgehead atoms. The van der Waals surface area contributed by atoms with Crippen molar-refractivity contribution in [2.75, 3.05) is 16.8 Å². The molecule has 3 aromatic rings. The van der Waals surface area contributed by atoms with Crippen molar-refractivity contribution in [2.24, 2.45) is 13.0 Å². The number of carbonyl (C=O) groups is 1. The monoisotopic (exact) mass is 491 g/mol. The Labute approximate surface area is 195 Å². The molecule has 1 atom stereocenters. The van der Waals surface area contributed by atoms with Crippen molar-refractivity contribution in [1.82, 2.24) is 19.7 Å². The smallest absolute Gasteiger partial charge is 0.231 e. The molecule has 11 heteroatoms. The molecule has 0 radical (unpaired) electrons. The van der Waals surface area contributed by atoms with Crippen molar-refractivity contribution in [3.63, 3.8) is 0 Å². The van der Waals surface area contributed by atoms with Gasteiger partial charge in [-0.3, -0.25) is 4.79 Å². The average molecular weight is 492 g/mol. The number of benzene rings is 1. The van der Waals surface area contributed by atoms with Crippen molar-refractivity contribution in [2.45, 2.75) is 37.1 Å². The lowest BCUT2D eigenvalue weighted by molar-refractivity contribution is -0.115. The molecule has 1 aromatic carbocycles. The van der Waals surface area contributed by atoms with Crippen molar-refractivity contribution in [3.8, 4) is 0 Å². The predicted molar refractivity (Wildman–Crippen MR) is 127 cm³/mol. The second-order valence-electron chi connectivity index (χ2n) is 8.04. The summed E-state index contributed by atoms with van der Waals surface area (Å²) >= 11 is 3.00. The maximum Gasteiger partial charge on any atom is 0.231 e. The molecule has 0 aliphatic carbocycles. The van der Waals surface area contributed by atoms with Crippen LogP contribution in [0.5, 0.6) is 0 Å². The van der Waals surface area contributed by atoms with Gasteiger partial charge in [0.25, 0.3) is 0 Å². The number of carbonyl (C=O) groups excluding carboxylic acids is 1. The van der Waals surface area contributed by atoms with Gasteiger partial charge in [-0.2, -0.15) is 0 Å². The van der Waals surface area contributed by atoms with Crippen LogP contribution in [0.4, 0.5) is 5.69 Å². The number of anilines is 1. The summed E-state index contributed by atoms with van der Waals surface area (Å²) in [7, 11) is -0.986. The fraction of sp³-hybridized carbons (Fsp3) is 0.429. The topological polar surface area (TPSA) is 107 Å². The zero-order valence-corrected chi connectivity index (χ0v) is 20.4. The van der Waals surface area contributed by atoms with Crippen LogP contribution in [0.1, 0.15) is 28.5 Å². The van der Waals surface area contributed by atoms with Crippen LogP contribution >= 0.6 is 23.1 Å². The van der Waals surface area contributed by atoms with Crippen molar-refractivity contribution in [1.29, 1.82) is 0 Å². The van der Waals surface area contributed by atoms with Gasteiger partial charge in [0.05, 0.1) is 23.6 Å². The molecule has 3 heterocycles. The van der Waals surface area contributed by atoms with E-state index in [0.29, 0.717) is 18.6 Å². The number of nitrogens with one attached hydrogen (secondary N) is 1. The first kappa shape index (κ1) is 22.9. The second kappa shape index (κ2) is 9.72. The molecule has 0 unspecified atom stereocenters. The standard InChI is InChI=1S/C21H25N5O3S3/c1-14-3-5-16(6-4-14)22-19(27)10-20-23-17(11-30-20)12-31-21-25-24-18(26(21)2)9-15-7-8-32(28,29)13-15/h3-6,11,15H,7-10,12-13H2,1-2H3,(H,22,27)/t15-/m1/s1. The largest absolute Gasteiger partial charge is 0.326 e. The van der Waals surface area contributed by atoms with Crippen LogP contribution in [0.2, 0.25) is 0 Å². The Morgan fingerprint density at radius 1 is 1.28 bits per heavy atom. The summed E-state index contributed by atoms with van der Waals surface area (Å²) in [4.78, 5) is 16.8. The van der Waals surface area contributed by atoms with E-state index in [9.17, 15) is 13.2 Å². The summed E-state index contributed by atoms with van der Waals surface area (Å²) in [6.07, 6.45) is 1.55. The SMILES string of the molecule is Cc1ccc(NC(=O)Cc2nc(CSc3nnc(C[C@H]4CCS(=O)(=O)C4)n3C)cs2)cc1. The first-order chi connectivity index (χ1) is 15.3. The van der Waals surface area contributed by atoms with E-state index in [1.807, 2.05) is 48.2 Å². The zero-order chi connectivity index (χ0) is 22.7. The zero-order valence-electron chi connectivity index (χ0n) is 17.9. The van der Waals surface area contributed by atoms with Gasteiger partial charge >= 0.3 is 0 Å². The van der Waals surface area contributed by atoms with E-state index in [1.54, 1.807) is 0 Å². The lowest BCUT2D eigenvalue weighted by Crippen LogP contribution is -2.14. The minimum atomic E-state index is -2.89. The molecule has 2 aromatic heterocycles. The number of hydrogen-bond acceptors (Lipinski definition) is 8. The van der Waals surface area contributed by atoms with E-state index >= 15 is 0 Å². The molecule has 0 spiro atoms. The van der Waals surface area contributed by atoms with Crippen LogP contribution in [-0.2, 0) is 40.3 Å². The third-order valence-electron chi connectivity index (χ3n) is 5.32. The summed E-state index contributed by atoms with van der Waals surface area (Å²) in [6, 6.07) is 7.69. The molecule has 1 aliphatic rings. The number of rotatable bonds is 8. The van der Waals surface area contributed by atoms with Gasteiger partial charge < -0.3 is 9.88 Å². The van der Waals surface area contributed by atoms with Gasteiger partial charge in [0.15, 0.2) is 15.0 Å². The summed E-state index contributed by atoms with van der Waals surface area (Å²) in [5.41, 5.74) is 2.82. The Morgan fingerprint density at radius 2 is 2.06 bits per heavy atom. The molecule has 4 rings (SSSR count). The van der Waals surface area contributed by atoms with E-state index in [4.69, 9.17) is 0 Å². The van der Waals surface area contributed by atoms with Gasteiger partial charge in [0.1, 0.15) is 10.8 Å². The molecule has 170 valence electrons. The normalized spacial score (nSPS) is 17.5. The van der Waals surface area contributed by atoms with Gasteiger partial charge in [-0.1, -0.05) is 29.5 Å².